The van der Waals surface area contributed by atoms with Crippen LogP contribution in [0.1, 0.15) is 28.8 Å². The lowest BCUT2D eigenvalue weighted by Crippen LogP contribution is -2.25. The molecule has 1 saturated carbocycles. The summed E-state index contributed by atoms with van der Waals surface area (Å²) in [4.78, 5) is 11.7. The quantitative estimate of drug-likeness (QED) is 0.736. The van der Waals surface area contributed by atoms with E-state index in [-0.39, 0.29) is 5.91 Å². The molecule has 3 N–H and O–H groups in total. The molecule has 0 spiro atoms. The second-order valence-electron chi connectivity index (χ2n) is 4.22. The number of carbonyl (C=O) groups is 1. The Kier molecular flexibility index (Phi) is 2.62. The second kappa shape index (κ2) is 3.93. The Bertz CT molecular complexity index is 383. The highest BCUT2D eigenvalue weighted by Crippen LogP contribution is 2.27. The fraction of sp³-hybridized carbons (Fsp3) is 0.417. The number of nitrogens with two attached hydrogens (primary N) is 1. The molecule has 80 valence electrons. The molecule has 3 heteroatoms. The highest BCUT2D eigenvalue weighted by Gasteiger charge is 2.21. The predicted octanol–water partition coefficient (Wildman–Crippen LogP) is 1.72. The molecule has 1 amide bonds. The molecule has 1 aromatic rings. The van der Waals surface area contributed by atoms with Crippen molar-refractivity contribution < 1.29 is 4.79 Å². The molecule has 0 atom stereocenters. The van der Waals surface area contributed by atoms with E-state index in [0.29, 0.717) is 11.5 Å². The summed E-state index contributed by atoms with van der Waals surface area (Å²) in [5, 5.41) is 2.93. The van der Waals surface area contributed by atoms with Gasteiger partial charge in [-0.15, -0.1) is 0 Å². The zero-order chi connectivity index (χ0) is 10.8. The van der Waals surface area contributed by atoms with Crippen LogP contribution in [-0.2, 0) is 0 Å². The third kappa shape index (κ3) is 2.49. The van der Waals surface area contributed by atoms with Crippen LogP contribution in [0.2, 0.25) is 0 Å². The maximum absolute atomic E-state index is 11.7. The number of hydrogen-bond acceptors (Lipinski definition) is 2. The van der Waals surface area contributed by atoms with Gasteiger partial charge < -0.3 is 11.1 Å². The number of aryl methyl sites for hydroxylation is 1. The lowest BCUT2D eigenvalue weighted by molar-refractivity contribution is 0.0952. The van der Waals surface area contributed by atoms with E-state index in [4.69, 9.17) is 5.73 Å². The van der Waals surface area contributed by atoms with Crippen molar-refractivity contribution >= 4 is 11.6 Å². The van der Waals surface area contributed by atoms with E-state index < -0.39 is 0 Å². The Morgan fingerprint density at radius 2 is 2.27 bits per heavy atom. The van der Waals surface area contributed by atoms with Gasteiger partial charge >= 0.3 is 0 Å². The summed E-state index contributed by atoms with van der Waals surface area (Å²) >= 11 is 0. The van der Waals surface area contributed by atoms with E-state index in [9.17, 15) is 4.79 Å². The van der Waals surface area contributed by atoms with Gasteiger partial charge in [-0.1, -0.05) is 0 Å². The minimum absolute atomic E-state index is 0.00463. The molecule has 0 unspecified atom stereocenters. The Morgan fingerprint density at radius 1 is 1.53 bits per heavy atom. The topological polar surface area (TPSA) is 55.1 Å². The molecule has 2 rings (SSSR count). The van der Waals surface area contributed by atoms with Gasteiger partial charge in [-0.2, -0.15) is 0 Å². The first-order valence-electron chi connectivity index (χ1n) is 5.31. The monoisotopic (exact) mass is 204 g/mol. The summed E-state index contributed by atoms with van der Waals surface area (Å²) in [7, 11) is 0. The molecule has 0 bridgehead atoms. The molecule has 0 radical (unpaired) electrons. The van der Waals surface area contributed by atoms with Crippen molar-refractivity contribution in [3.8, 4) is 0 Å². The summed E-state index contributed by atoms with van der Waals surface area (Å²) in [5.41, 5.74) is 8.07. The van der Waals surface area contributed by atoms with Crippen molar-refractivity contribution in [1.82, 2.24) is 5.32 Å². The van der Waals surface area contributed by atoms with Gasteiger partial charge in [-0.3, -0.25) is 4.79 Å². The standard InChI is InChI=1S/C12H16N2O/c1-8-6-10(4-5-11(8)13)12(15)14-7-9-2-3-9/h4-6,9H,2-3,7,13H2,1H3,(H,14,15). The molecule has 0 saturated heterocycles. The van der Waals surface area contributed by atoms with Gasteiger partial charge in [-0.05, 0) is 49.4 Å². The Labute approximate surface area is 89.7 Å². The third-order valence-electron chi connectivity index (χ3n) is 2.78. The summed E-state index contributed by atoms with van der Waals surface area (Å²) < 4.78 is 0. The van der Waals surface area contributed by atoms with Gasteiger partial charge in [0.2, 0.25) is 0 Å². The number of benzene rings is 1. The van der Waals surface area contributed by atoms with Crippen molar-refractivity contribution in [1.29, 1.82) is 0 Å². The van der Waals surface area contributed by atoms with Crippen LogP contribution < -0.4 is 11.1 Å². The Balaban J connectivity index is 2.00. The first-order valence-corrected chi connectivity index (χ1v) is 5.31. The number of carbonyl (C=O) groups excluding carboxylic acids is 1. The summed E-state index contributed by atoms with van der Waals surface area (Å²) in [6.07, 6.45) is 2.50. The highest BCUT2D eigenvalue weighted by molar-refractivity contribution is 5.94. The SMILES string of the molecule is Cc1cc(C(=O)NCC2CC2)ccc1N. The van der Waals surface area contributed by atoms with Crippen LogP contribution >= 0.6 is 0 Å². The lowest BCUT2D eigenvalue weighted by Gasteiger charge is -2.06. The van der Waals surface area contributed by atoms with Crippen LogP contribution in [0.15, 0.2) is 18.2 Å². The van der Waals surface area contributed by atoms with Crippen molar-refractivity contribution in [3.05, 3.63) is 29.3 Å². The fourth-order valence-electron chi connectivity index (χ4n) is 1.48. The number of hydrogen-bond donors (Lipinski definition) is 2. The third-order valence-corrected chi connectivity index (χ3v) is 2.78. The minimum Gasteiger partial charge on any atom is -0.399 e. The molecule has 1 aromatic carbocycles. The normalized spacial score (nSPS) is 15.0. The molecular weight excluding hydrogens is 188 g/mol. The van der Waals surface area contributed by atoms with E-state index in [1.807, 2.05) is 13.0 Å². The zero-order valence-electron chi connectivity index (χ0n) is 8.92. The number of amides is 1. The fourth-order valence-corrected chi connectivity index (χ4v) is 1.48. The van der Waals surface area contributed by atoms with Crippen molar-refractivity contribution in [2.45, 2.75) is 19.8 Å². The lowest BCUT2D eigenvalue weighted by atomic mass is 10.1. The van der Waals surface area contributed by atoms with E-state index in [2.05, 4.69) is 5.32 Å². The predicted molar refractivity (Wildman–Crippen MR) is 60.6 cm³/mol. The average molecular weight is 204 g/mol. The largest absolute Gasteiger partial charge is 0.399 e. The first-order chi connectivity index (χ1) is 7.16. The molecule has 15 heavy (non-hydrogen) atoms. The molecule has 1 fully saturated rings. The maximum atomic E-state index is 11.7. The first kappa shape index (κ1) is 10.0. The molecular formula is C12H16N2O. The molecule has 0 aromatic heterocycles. The summed E-state index contributed by atoms with van der Waals surface area (Å²) in [5.74, 6) is 0.717. The molecule has 0 aliphatic heterocycles. The van der Waals surface area contributed by atoms with Crippen LogP contribution in [-0.4, -0.2) is 12.5 Å². The highest BCUT2D eigenvalue weighted by atomic mass is 16.1. The van der Waals surface area contributed by atoms with Crippen molar-refractivity contribution in [3.63, 3.8) is 0 Å². The van der Waals surface area contributed by atoms with Gasteiger partial charge in [-0.25, -0.2) is 0 Å². The van der Waals surface area contributed by atoms with Crippen molar-refractivity contribution in [2.24, 2.45) is 5.92 Å². The van der Waals surface area contributed by atoms with Gasteiger partial charge in [0.15, 0.2) is 0 Å². The van der Waals surface area contributed by atoms with Crippen LogP contribution in [0.5, 0.6) is 0 Å². The summed E-state index contributed by atoms with van der Waals surface area (Å²) in [6.45, 7) is 2.72. The molecule has 3 nitrogen and oxygen atoms in total. The number of nitrogens with one attached hydrogen (secondary N) is 1. The van der Waals surface area contributed by atoms with Crippen LogP contribution in [0.3, 0.4) is 0 Å². The molecule has 1 aliphatic rings. The van der Waals surface area contributed by atoms with E-state index in [0.717, 1.165) is 17.8 Å². The number of rotatable bonds is 3. The average Bonchev–Trinajstić information content (AvgIpc) is 3.02. The van der Waals surface area contributed by atoms with Crippen LogP contribution in [0, 0.1) is 12.8 Å². The van der Waals surface area contributed by atoms with Gasteiger partial charge in [0.1, 0.15) is 0 Å². The smallest absolute Gasteiger partial charge is 0.251 e. The van der Waals surface area contributed by atoms with Crippen LogP contribution in [0.25, 0.3) is 0 Å². The van der Waals surface area contributed by atoms with E-state index >= 15 is 0 Å². The van der Waals surface area contributed by atoms with Gasteiger partial charge in [0.05, 0.1) is 0 Å². The van der Waals surface area contributed by atoms with Crippen LogP contribution in [0.4, 0.5) is 5.69 Å². The number of nitrogen functional groups attached to an aromatic ring is 1. The minimum atomic E-state index is 0.00463. The van der Waals surface area contributed by atoms with E-state index in [1.54, 1.807) is 12.1 Å². The zero-order valence-corrected chi connectivity index (χ0v) is 8.92. The van der Waals surface area contributed by atoms with Gasteiger partial charge in [0.25, 0.3) is 5.91 Å². The number of anilines is 1. The van der Waals surface area contributed by atoms with Crippen molar-refractivity contribution in [2.75, 3.05) is 12.3 Å². The Hall–Kier alpha value is -1.51. The summed E-state index contributed by atoms with van der Waals surface area (Å²) in [6, 6.07) is 5.38. The van der Waals surface area contributed by atoms with Gasteiger partial charge in [0, 0.05) is 17.8 Å². The molecule has 1 aliphatic carbocycles. The van der Waals surface area contributed by atoms with E-state index in [1.165, 1.54) is 12.8 Å². The molecule has 0 heterocycles. The second-order valence-corrected chi connectivity index (χ2v) is 4.22. The Morgan fingerprint density at radius 3 is 2.87 bits per heavy atom. The maximum Gasteiger partial charge on any atom is 0.251 e.